The van der Waals surface area contributed by atoms with E-state index in [4.69, 9.17) is 23.2 Å². The van der Waals surface area contributed by atoms with Crippen LogP contribution in [0, 0.1) is 0 Å². The summed E-state index contributed by atoms with van der Waals surface area (Å²) in [5, 5.41) is 0.933. The Morgan fingerprint density at radius 1 is 1.11 bits per heavy atom. The van der Waals surface area contributed by atoms with Crippen LogP contribution in [0.3, 0.4) is 0 Å². The highest BCUT2D eigenvalue weighted by atomic mass is 35.5. The number of carbonyl (C=O) groups excluding carboxylic acids is 1. The van der Waals surface area contributed by atoms with Gasteiger partial charge in [-0.2, -0.15) is 0 Å². The molecule has 0 saturated carbocycles. The number of hydrogen-bond acceptors (Lipinski definition) is 2. The molecule has 98 valence electrons. The summed E-state index contributed by atoms with van der Waals surface area (Å²) >= 11 is 13.7. The lowest BCUT2D eigenvalue weighted by atomic mass is 10.0. The van der Waals surface area contributed by atoms with Crippen LogP contribution in [0.25, 0.3) is 0 Å². The van der Waals surface area contributed by atoms with E-state index in [0.717, 1.165) is 10.5 Å². The maximum absolute atomic E-state index is 12.2. The van der Waals surface area contributed by atoms with E-state index in [-0.39, 0.29) is 12.2 Å². The predicted molar refractivity (Wildman–Crippen MR) is 82.7 cm³/mol. The van der Waals surface area contributed by atoms with Crippen molar-refractivity contribution in [3.63, 3.8) is 0 Å². The van der Waals surface area contributed by atoms with Crippen LogP contribution in [0.5, 0.6) is 0 Å². The van der Waals surface area contributed by atoms with Crippen molar-refractivity contribution in [3.8, 4) is 0 Å². The Morgan fingerprint density at radius 3 is 2.42 bits per heavy atom. The van der Waals surface area contributed by atoms with Crippen molar-refractivity contribution >= 4 is 40.7 Å². The number of halogens is 2. The first-order chi connectivity index (χ1) is 9.11. The molecule has 0 spiro atoms. The van der Waals surface area contributed by atoms with Gasteiger partial charge in [0.25, 0.3) is 0 Å². The molecule has 2 aromatic rings. The molecule has 0 aliphatic rings. The van der Waals surface area contributed by atoms with Gasteiger partial charge in [-0.15, -0.1) is 11.8 Å². The quantitative estimate of drug-likeness (QED) is 0.574. The molecule has 0 saturated heterocycles. The molecule has 0 heterocycles. The number of benzene rings is 2. The minimum absolute atomic E-state index is 0.0387. The molecule has 0 atom stereocenters. The Balaban J connectivity index is 2.18. The summed E-state index contributed by atoms with van der Waals surface area (Å²) in [7, 11) is 0. The number of carbonyl (C=O) groups is 1. The van der Waals surface area contributed by atoms with Crippen molar-refractivity contribution in [1.29, 1.82) is 0 Å². The molecule has 2 aromatic carbocycles. The molecule has 4 heteroatoms. The third-order valence-electron chi connectivity index (χ3n) is 2.79. The molecule has 0 aliphatic heterocycles. The first kappa shape index (κ1) is 14.4. The summed E-state index contributed by atoms with van der Waals surface area (Å²) in [5.41, 5.74) is 1.45. The monoisotopic (exact) mass is 310 g/mol. The minimum Gasteiger partial charge on any atom is -0.294 e. The third kappa shape index (κ3) is 3.53. The standard InChI is InChI=1S/C15H12Cl2OS/c1-19-12-7-5-10(6-8-12)14(18)9-11-3-2-4-13(16)15(11)17/h2-8H,9H2,1H3. The van der Waals surface area contributed by atoms with Crippen LogP contribution in [-0.2, 0) is 6.42 Å². The first-order valence-electron chi connectivity index (χ1n) is 5.72. The molecule has 0 N–H and O–H groups in total. The molecule has 2 rings (SSSR count). The van der Waals surface area contributed by atoms with Gasteiger partial charge in [0.15, 0.2) is 5.78 Å². The lowest BCUT2D eigenvalue weighted by molar-refractivity contribution is 0.0993. The number of ketones is 1. The van der Waals surface area contributed by atoms with E-state index >= 15 is 0 Å². The average molecular weight is 311 g/mol. The second-order valence-corrected chi connectivity index (χ2v) is 5.71. The van der Waals surface area contributed by atoms with E-state index in [1.165, 1.54) is 0 Å². The molecule has 0 unspecified atom stereocenters. The Kier molecular flexibility index (Phi) is 4.92. The minimum atomic E-state index is 0.0387. The molecule has 19 heavy (non-hydrogen) atoms. The lowest BCUT2D eigenvalue weighted by Gasteiger charge is -2.06. The van der Waals surface area contributed by atoms with E-state index in [1.807, 2.05) is 36.6 Å². The number of hydrogen-bond donors (Lipinski definition) is 0. The highest BCUT2D eigenvalue weighted by Crippen LogP contribution is 2.26. The fraction of sp³-hybridized carbons (Fsp3) is 0.133. The molecule has 0 radical (unpaired) electrons. The Morgan fingerprint density at radius 2 is 1.79 bits per heavy atom. The van der Waals surface area contributed by atoms with Crippen LogP contribution < -0.4 is 0 Å². The summed E-state index contributed by atoms with van der Waals surface area (Å²) < 4.78 is 0. The second-order valence-electron chi connectivity index (χ2n) is 4.04. The first-order valence-corrected chi connectivity index (χ1v) is 7.70. The molecule has 0 aromatic heterocycles. The van der Waals surface area contributed by atoms with Gasteiger partial charge in [-0.05, 0) is 30.0 Å². The zero-order chi connectivity index (χ0) is 13.8. The van der Waals surface area contributed by atoms with Gasteiger partial charge in [-0.25, -0.2) is 0 Å². The third-order valence-corrected chi connectivity index (χ3v) is 4.40. The van der Waals surface area contributed by atoms with Crippen molar-refractivity contribution in [1.82, 2.24) is 0 Å². The molecule has 0 aliphatic carbocycles. The SMILES string of the molecule is CSc1ccc(C(=O)Cc2cccc(Cl)c2Cl)cc1. The van der Waals surface area contributed by atoms with Crippen LogP contribution in [0.2, 0.25) is 10.0 Å². The highest BCUT2D eigenvalue weighted by Gasteiger charge is 2.11. The van der Waals surface area contributed by atoms with E-state index in [1.54, 1.807) is 23.9 Å². The molecule has 0 fully saturated rings. The normalized spacial score (nSPS) is 10.5. The Hall–Kier alpha value is -0.960. The lowest BCUT2D eigenvalue weighted by Crippen LogP contribution is -2.04. The maximum atomic E-state index is 12.2. The zero-order valence-electron chi connectivity index (χ0n) is 10.3. The van der Waals surface area contributed by atoms with Crippen LogP contribution in [0.4, 0.5) is 0 Å². The van der Waals surface area contributed by atoms with Gasteiger partial charge in [0, 0.05) is 16.9 Å². The van der Waals surface area contributed by atoms with Crippen LogP contribution >= 0.6 is 35.0 Å². The molecular formula is C15H12Cl2OS. The number of Topliss-reactive ketones (excluding diaryl/α,β-unsaturated/α-hetero) is 1. The van der Waals surface area contributed by atoms with Gasteiger partial charge in [0.05, 0.1) is 10.0 Å². The fourth-order valence-electron chi connectivity index (χ4n) is 1.74. The van der Waals surface area contributed by atoms with Crippen molar-refractivity contribution in [2.75, 3.05) is 6.26 Å². The van der Waals surface area contributed by atoms with E-state index in [9.17, 15) is 4.79 Å². The topological polar surface area (TPSA) is 17.1 Å². The summed E-state index contributed by atoms with van der Waals surface area (Å²) in [5.74, 6) is 0.0387. The van der Waals surface area contributed by atoms with Crippen molar-refractivity contribution in [3.05, 3.63) is 63.6 Å². The average Bonchev–Trinajstić information content (AvgIpc) is 2.44. The van der Waals surface area contributed by atoms with Gasteiger partial charge >= 0.3 is 0 Å². The molecule has 0 bridgehead atoms. The fourth-order valence-corrected chi connectivity index (χ4v) is 2.53. The van der Waals surface area contributed by atoms with Crippen LogP contribution in [0.1, 0.15) is 15.9 Å². The summed E-state index contributed by atoms with van der Waals surface area (Å²) in [6, 6.07) is 12.9. The highest BCUT2D eigenvalue weighted by molar-refractivity contribution is 7.98. The van der Waals surface area contributed by atoms with Gasteiger partial charge < -0.3 is 0 Å². The van der Waals surface area contributed by atoms with Crippen molar-refractivity contribution in [2.45, 2.75) is 11.3 Å². The number of rotatable bonds is 4. The van der Waals surface area contributed by atoms with Gasteiger partial charge in [-0.3, -0.25) is 4.79 Å². The number of thioether (sulfide) groups is 1. The molecular weight excluding hydrogens is 299 g/mol. The maximum Gasteiger partial charge on any atom is 0.167 e. The van der Waals surface area contributed by atoms with Gasteiger partial charge in [0.1, 0.15) is 0 Å². The van der Waals surface area contributed by atoms with Gasteiger partial charge in [0.2, 0.25) is 0 Å². The Labute approximate surface area is 126 Å². The zero-order valence-corrected chi connectivity index (χ0v) is 12.6. The summed E-state index contributed by atoms with van der Waals surface area (Å²) in [6.07, 6.45) is 2.26. The molecule has 0 amide bonds. The van der Waals surface area contributed by atoms with Crippen LogP contribution in [-0.4, -0.2) is 12.0 Å². The van der Waals surface area contributed by atoms with Crippen LogP contribution in [0.15, 0.2) is 47.4 Å². The van der Waals surface area contributed by atoms with E-state index < -0.39 is 0 Å². The Bertz CT molecular complexity index is 594. The predicted octanol–water partition coefficient (Wildman–Crippen LogP) is 5.14. The largest absolute Gasteiger partial charge is 0.294 e. The van der Waals surface area contributed by atoms with E-state index in [2.05, 4.69) is 0 Å². The smallest absolute Gasteiger partial charge is 0.167 e. The van der Waals surface area contributed by atoms with Crippen molar-refractivity contribution < 1.29 is 4.79 Å². The second kappa shape index (κ2) is 6.47. The van der Waals surface area contributed by atoms with E-state index in [0.29, 0.717) is 15.6 Å². The summed E-state index contributed by atoms with van der Waals surface area (Å²) in [6.45, 7) is 0. The van der Waals surface area contributed by atoms with Gasteiger partial charge in [-0.1, -0.05) is 47.5 Å². The molecule has 1 nitrogen and oxygen atoms in total. The van der Waals surface area contributed by atoms with Crippen molar-refractivity contribution in [2.24, 2.45) is 0 Å². The summed E-state index contributed by atoms with van der Waals surface area (Å²) in [4.78, 5) is 13.3.